The van der Waals surface area contributed by atoms with Crippen molar-refractivity contribution in [2.75, 3.05) is 0 Å². The molecule has 1 atom stereocenters. The predicted octanol–water partition coefficient (Wildman–Crippen LogP) is 6.76. The second kappa shape index (κ2) is 13.6. The van der Waals surface area contributed by atoms with Crippen LogP contribution in [0, 0.1) is 0 Å². The zero-order valence-corrected chi connectivity index (χ0v) is 17.8. The lowest BCUT2D eigenvalue weighted by Crippen LogP contribution is -2.34. The van der Waals surface area contributed by atoms with Crippen LogP contribution >= 0.6 is 0 Å². The molecule has 1 aliphatic heterocycles. The highest BCUT2D eigenvalue weighted by Gasteiger charge is 2.29. The summed E-state index contributed by atoms with van der Waals surface area (Å²) in [6.07, 6.45) is 15.5. The molecule has 25 heavy (non-hydrogen) atoms. The Morgan fingerprint density at radius 3 is 2.52 bits per heavy atom. The first-order chi connectivity index (χ1) is 12.2. The third-order valence-electron chi connectivity index (χ3n) is 4.17. The lowest BCUT2D eigenvalue weighted by atomic mass is 9.96. The van der Waals surface area contributed by atoms with E-state index in [1.165, 1.54) is 41.9 Å². The van der Waals surface area contributed by atoms with Crippen molar-refractivity contribution in [1.82, 2.24) is 10.6 Å². The van der Waals surface area contributed by atoms with Crippen LogP contribution in [0.5, 0.6) is 0 Å². The number of nitrogens with one attached hydrogen (secondary N) is 2. The summed E-state index contributed by atoms with van der Waals surface area (Å²) in [5.41, 5.74) is 6.69. The molecule has 2 aliphatic rings. The first-order valence-electron chi connectivity index (χ1n) is 10.1. The Morgan fingerprint density at radius 1 is 1.24 bits per heavy atom. The van der Waals surface area contributed by atoms with Crippen molar-refractivity contribution in [3.8, 4) is 0 Å². The lowest BCUT2D eigenvalue weighted by Gasteiger charge is -2.29. The molecule has 0 amide bonds. The van der Waals surface area contributed by atoms with E-state index in [2.05, 4.69) is 61.8 Å². The fourth-order valence-electron chi connectivity index (χ4n) is 3.04. The van der Waals surface area contributed by atoms with E-state index >= 15 is 0 Å². The van der Waals surface area contributed by atoms with Gasteiger partial charge >= 0.3 is 0 Å². The minimum absolute atomic E-state index is 0.516. The van der Waals surface area contributed by atoms with Gasteiger partial charge < -0.3 is 10.6 Å². The Kier molecular flexibility index (Phi) is 12.7. The largest absolute Gasteiger partial charge is 0.378 e. The molecule has 0 aromatic rings. The van der Waals surface area contributed by atoms with E-state index in [-0.39, 0.29) is 0 Å². The van der Waals surface area contributed by atoms with Gasteiger partial charge in [-0.15, -0.1) is 0 Å². The summed E-state index contributed by atoms with van der Waals surface area (Å²) in [5.74, 6) is 0. The van der Waals surface area contributed by atoms with Crippen molar-refractivity contribution in [2.45, 2.75) is 87.1 Å². The molecule has 0 aromatic carbocycles. The molecule has 142 valence electrons. The third kappa shape index (κ3) is 6.97. The lowest BCUT2D eigenvalue weighted by molar-refractivity contribution is 0.632. The summed E-state index contributed by atoms with van der Waals surface area (Å²) < 4.78 is 0. The summed E-state index contributed by atoms with van der Waals surface area (Å²) in [6, 6.07) is 0.516. The molecule has 2 N–H and O–H groups in total. The fraction of sp³-hybridized carbons (Fsp3) is 0.565. The Hall–Kier alpha value is -1.70. The average molecular weight is 345 g/mol. The first kappa shape index (κ1) is 23.3. The highest BCUT2D eigenvalue weighted by atomic mass is 15.0. The normalized spacial score (nSPS) is 20.0. The molecule has 0 radical (unpaired) electrons. The van der Waals surface area contributed by atoms with Gasteiger partial charge in [0.05, 0.1) is 0 Å². The van der Waals surface area contributed by atoms with E-state index in [1.54, 1.807) is 5.57 Å². The standard InChI is InChI=1S/C19H28N2.2C2H6/c1-5-7-10-14(3)20-19-15(4)17(12-8-6-2)21-18-13-9-11-16(18)19;2*1-2/h5,7-8,10,12,18,20-21H,6,9,11,13H2,1-4H3;2*1-2H3/b7-5-,12-8-,14-10+;;. The maximum Gasteiger partial charge on any atom is 0.0497 e. The minimum Gasteiger partial charge on any atom is -0.378 e. The van der Waals surface area contributed by atoms with Crippen molar-refractivity contribution in [2.24, 2.45) is 0 Å². The van der Waals surface area contributed by atoms with Gasteiger partial charge in [-0.1, -0.05) is 52.8 Å². The van der Waals surface area contributed by atoms with Crippen molar-refractivity contribution < 1.29 is 0 Å². The van der Waals surface area contributed by atoms with E-state index in [1.807, 2.05) is 34.6 Å². The first-order valence-corrected chi connectivity index (χ1v) is 10.1. The van der Waals surface area contributed by atoms with Crippen LogP contribution in [-0.2, 0) is 0 Å². The van der Waals surface area contributed by atoms with Crippen LogP contribution in [0.15, 0.2) is 58.6 Å². The molecule has 0 aromatic heterocycles. The molecule has 1 unspecified atom stereocenters. The molecule has 2 nitrogen and oxygen atoms in total. The van der Waals surface area contributed by atoms with Gasteiger partial charge in [-0.2, -0.15) is 0 Å². The molecule has 0 bridgehead atoms. The highest BCUT2D eigenvalue weighted by molar-refractivity contribution is 5.48. The van der Waals surface area contributed by atoms with Crippen LogP contribution < -0.4 is 10.6 Å². The second-order valence-electron chi connectivity index (χ2n) is 5.84. The number of rotatable bonds is 5. The molecular weight excluding hydrogens is 304 g/mol. The summed E-state index contributed by atoms with van der Waals surface area (Å²) in [6.45, 7) is 16.6. The van der Waals surface area contributed by atoms with E-state index in [0.29, 0.717) is 6.04 Å². The number of allylic oxidation sites excluding steroid dienone is 7. The minimum atomic E-state index is 0.516. The van der Waals surface area contributed by atoms with Gasteiger partial charge in [0.1, 0.15) is 0 Å². The molecule has 0 spiro atoms. The summed E-state index contributed by atoms with van der Waals surface area (Å²) in [5, 5.41) is 7.35. The molecule has 2 heteroatoms. The van der Waals surface area contributed by atoms with E-state index in [4.69, 9.17) is 0 Å². The van der Waals surface area contributed by atoms with Crippen LogP contribution in [-0.4, -0.2) is 6.04 Å². The topological polar surface area (TPSA) is 24.1 Å². The van der Waals surface area contributed by atoms with Gasteiger partial charge in [0.25, 0.3) is 0 Å². The van der Waals surface area contributed by atoms with Crippen molar-refractivity contribution in [1.29, 1.82) is 0 Å². The van der Waals surface area contributed by atoms with Gasteiger partial charge in [-0.25, -0.2) is 0 Å². The van der Waals surface area contributed by atoms with Crippen LogP contribution in [0.2, 0.25) is 0 Å². The fourth-order valence-corrected chi connectivity index (χ4v) is 3.04. The maximum atomic E-state index is 3.71. The molecular formula is C23H40N2. The van der Waals surface area contributed by atoms with E-state index < -0.39 is 0 Å². The van der Waals surface area contributed by atoms with Gasteiger partial charge in [0, 0.05) is 23.1 Å². The summed E-state index contributed by atoms with van der Waals surface area (Å²) in [4.78, 5) is 0. The predicted molar refractivity (Wildman–Crippen MR) is 114 cm³/mol. The zero-order chi connectivity index (χ0) is 19.2. The van der Waals surface area contributed by atoms with Gasteiger partial charge in [0.15, 0.2) is 0 Å². The molecule has 1 fully saturated rings. The van der Waals surface area contributed by atoms with Crippen molar-refractivity contribution >= 4 is 0 Å². The molecule has 2 rings (SSSR count). The molecule has 1 aliphatic carbocycles. The van der Waals surface area contributed by atoms with E-state index in [0.717, 1.165) is 6.42 Å². The van der Waals surface area contributed by atoms with Crippen LogP contribution in [0.4, 0.5) is 0 Å². The number of hydrogen-bond acceptors (Lipinski definition) is 2. The highest BCUT2D eigenvalue weighted by Crippen LogP contribution is 2.35. The zero-order valence-electron chi connectivity index (χ0n) is 17.8. The molecule has 0 saturated heterocycles. The SMILES string of the molecule is C/C=C\C=C(/C)NC1=C2CCCC2NC(/C=C\CC)=C1C.CC.CC. The Morgan fingerprint density at radius 2 is 1.92 bits per heavy atom. The van der Waals surface area contributed by atoms with Crippen molar-refractivity contribution in [3.05, 3.63) is 58.6 Å². The Bertz CT molecular complexity index is 530. The second-order valence-corrected chi connectivity index (χ2v) is 5.84. The van der Waals surface area contributed by atoms with Crippen LogP contribution in [0.1, 0.15) is 81.1 Å². The number of hydrogen-bond donors (Lipinski definition) is 2. The van der Waals surface area contributed by atoms with Gasteiger partial charge in [-0.05, 0) is 69.8 Å². The third-order valence-corrected chi connectivity index (χ3v) is 4.17. The number of dihydropyridines is 1. The van der Waals surface area contributed by atoms with Crippen LogP contribution in [0.3, 0.4) is 0 Å². The summed E-state index contributed by atoms with van der Waals surface area (Å²) in [7, 11) is 0. The average Bonchev–Trinajstić information content (AvgIpc) is 3.12. The van der Waals surface area contributed by atoms with Crippen molar-refractivity contribution in [3.63, 3.8) is 0 Å². The smallest absolute Gasteiger partial charge is 0.0497 e. The quantitative estimate of drug-likeness (QED) is 0.538. The Labute approximate surface area is 156 Å². The van der Waals surface area contributed by atoms with Gasteiger partial charge in [0.2, 0.25) is 0 Å². The summed E-state index contributed by atoms with van der Waals surface area (Å²) >= 11 is 0. The Balaban J connectivity index is 0.00000134. The number of fused-ring (bicyclic) bond motifs is 1. The monoisotopic (exact) mass is 344 g/mol. The van der Waals surface area contributed by atoms with Crippen LogP contribution in [0.25, 0.3) is 0 Å². The molecule has 1 heterocycles. The van der Waals surface area contributed by atoms with E-state index in [9.17, 15) is 0 Å². The van der Waals surface area contributed by atoms with Gasteiger partial charge in [-0.3, -0.25) is 0 Å². The molecule has 1 saturated carbocycles. The maximum absolute atomic E-state index is 3.71.